The van der Waals surface area contributed by atoms with Gasteiger partial charge in [0.25, 0.3) is 0 Å². The van der Waals surface area contributed by atoms with Crippen molar-refractivity contribution in [1.29, 1.82) is 0 Å². The molecule has 1 fully saturated rings. The topological polar surface area (TPSA) is 105 Å². The molecule has 0 spiro atoms. The monoisotopic (exact) mass is 412 g/mol. The van der Waals surface area contributed by atoms with E-state index in [0.29, 0.717) is 11.2 Å². The van der Waals surface area contributed by atoms with Crippen LogP contribution in [0.1, 0.15) is 39.7 Å². The third-order valence-electron chi connectivity index (χ3n) is 4.48. The van der Waals surface area contributed by atoms with Crippen molar-refractivity contribution in [1.82, 2.24) is 30.4 Å². The average Bonchev–Trinajstić information content (AvgIpc) is 3.24. The van der Waals surface area contributed by atoms with Crippen molar-refractivity contribution in [3.8, 4) is 11.4 Å². The molecule has 9 heteroatoms. The quantitative estimate of drug-likeness (QED) is 0.557. The maximum absolute atomic E-state index is 12.2. The minimum Gasteiger partial charge on any atom is -0.360 e. The Morgan fingerprint density at radius 2 is 2.00 bits per heavy atom. The first-order valence-electron chi connectivity index (χ1n) is 9.58. The summed E-state index contributed by atoms with van der Waals surface area (Å²) in [6.45, 7) is 5.57. The van der Waals surface area contributed by atoms with Crippen molar-refractivity contribution in [2.24, 2.45) is 0 Å². The predicted octanol–water partition coefficient (Wildman–Crippen LogP) is 3.48. The van der Waals surface area contributed by atoms with Crippen LogP contribution in [0, 0.1) is 0 Å². The first-order chi connectivity index (χ1) is 13.8. The first kappa shape index (κ1) is 19.5. The van der Waals surface area contributed by atoms with Crippen molar-refractivity contribution >= 4 is 34.6 Å². The number of H-pyrrole nitrogens is 1. The molecule has 1 saturated carbocycles. The minimum atomic E-state index is -0.494. The molecule has 2 aromatic heterocycles. The molecule has 3 amide bonds. The van der Waals surface area contributed by atoms with Gasteiger partial charge < -0.3 is 10.3 Å². The molecular formula is C20H24N6O2S. The number of hydrogen-bond acceptors (Lipinski definition) is 5. The summed E-state index contributed by atoms with van der Waals surface area (Å²) in [5.41, 5.74) is 1.64. The lowest BCUT2D eigenvalue weighted by Crippen LogP contribution is -2.48. The van der Waals surface area contributed by atoms with Crippen molar-refractivity contribution in [3.63, 3.8) is 0 Å². The van der Waals surface area contributed by atoms with Crippen LogP contribution in [0.15, 0.2) is 35.6 Å². The Bertz CT molecular complexity index is 1060. The Labute approximate surface area is 172 Å². The summed E-state index contributed by atoms with van der Waals surface area (Å²) in [4.78, 5) is 27.3. The number of benzene rings is 1. The molecule has 3 aromatic rings. The highest BCUT2D eigenvalue weighted by Crippen LogP contribution is 2.42. The van der Waals surface area contributed by atoms with E-state index in [4.69, 9.17) is 0 Å². The fourth-order valence-electron chi connectivity index (χ4n) is 3.14. The smallest absolute Gasteiger partial charge is 0.321 e. The number of nitrogens with one attached hydrogen (secondary N) is 3. The number of para-hydroxylation sites is 1. The Kier molecular flexibility index (Phi) is 5.08. The summed E-state index contributed by atoms with van der Waals surface area (Å²) in [6, 6.07) is 7.93. The number of aromatic amines is 1. The van der Waals surface area contributed by atoms with Crippen LogP contribution in [0.4, 0.5) is 4.79 Å². The number of carbonyl (C=O) groups is 2. The van der Waals surface area contributed by atoms with Gasteiger partial charge >= 0.3 is 6.03 Å². The lowest BCUT2D eigenvalue weighted by atomic mass is 10.1. The highest BCUT2D eigenvalue weighted by molar-refractivity contribution is 7.99. The van der Waals surface area contributed by atoms with E-state index in [1.54, 1.807) is 0 Å². The van der Waals surface area contributed by atoms with Crippen molar-refractivity contribution in [2.75, 3.05) is 5.75 Å². The van der Waals surface area contributed by atoms with Gasteiger partial charge in [0.15, 0.2) is 11.0 Å². The van der Waals surface area contributed by atoms with Gasteiger partial charge in [-0.2, -0.15) is 0 Å². The number of imide groups is 1. The zero-order valence-corrected chi connectivity index (χ0v) is 17.5. The summed E-state index contributed by atoms with van der Waals surface area (Å²) in [6.07, 6.45) is 4.09. The number of fused-ring (bicyclic) bond motifs is 1. The number of rotatable bonds is 5. The van der Waals surface area contributed by atoms with Gasteiger partial charge in [-0.3, -0.25) is 14.7 Å². The van der Waals surface area contributed by atoms with Crippen LogP contribution < -0.4 is 10.6 Å². The standard InChI is InChI=1S/C20H24N6O2S/c1-20(2,3)23-18(28)22-16(27)11-29-19-25-24-17(26(19)12-8-9-12)14-10-21-15-7-5-4-6-13(14)15/h4-7,10,12,21H,8-9,11H2,1-3H3,(H2,22,23,27,28). The first-order valence-corrected chi connectivity index (χ1v) is 10.6. The van der Waals surface area contributed by atoms with E-state index < -0.39 is 11.6 Å². The van der Waals surface area contributed by atoms with Crippen molar-refractivity contribution in [2.45, 2.75) is 50.4 Å². The Morgan fingerprint density at radius 1 is 1.24 bits per heavy atom. The van der Waals surface area contributed by atoms with E-state index in [2.05, 4.69) is 36.4 Å². The van der Waals surface area contributed by atoms with Gasteiger partial charge in [-0.1, -0.05) is 30.0 Å². The molecule has 0 unspecified atom stereocenters. The lowest BCUT2D eigenvalue weighted by Gasteiger charge is -2.20. The van der Waals surface area contributed by atoms with E-state index in [1.807, 2.05) is 45.2 Å². The van der Waals surface area contributed by atoms with Crippen molar-refractivity contribution < 1.29 is 9.59 Å². The van der Waals surface area contributed by atoms with Gasteiger partial charge in [-0.15, -0.1) is 10.2 Å². The van der Waals surface area contributed by atoms with E-state index in [1.165, 1.54) is 11.8 Å². The van der Waals surface area contributed by atoms with E-state index >= 15 is 0 Å². The second-order valence-corrected chi connectivity index (χ2v) is 9.14. The van der Waals surface area contributed by atoms with E-state index in [9.17, 15) is 9.59 Å². The van der Waals surface area contributed by atoms with Crippen LogP contribution in [0.5, 0.6) is 0 Å². The summed E-state index contributed by atoms with van der Waals surface area (Å²) in [5.74, 6) is 0.533. The molecule has 0 aliphatic heterocycles. The second-order valence-electron chi connectivity index (χ2n) is 8.20. The van der Waals surface area contributed by atoms with Gasteiger partial charge in [-0.25, -0.2) is 4.79 Å². The van der Waals surface area contributed by atoms with Crippen LogP contribution in [-0.2, 0) is 4.79 Å². The second kappa shape index (κ2) is 7.55. The maximum Gasteiger partial charge on any atom is 0.321 e. The number of thioether (sulfide) groups is 1. The number of carbonyl (C=O) groups excluding carboxylic acids is 2. The predicted molar refractivity (Wildman–Crippen MR) is 113 cm³/mol. The van der Waals surface area contributed by atoms with Crippen LogP contribution in [0.3, 0.4) is 0 Å². The molecule has 152 valence electrons. The Hall–Kier alpha value is -2.81. The third kappa shape index (κ3) is 4.45. The van der Waals surface area contributed by atoms with Gasteiger partial charge in [0.05, 0.1) is 5.75 Å². The number of nitrogens with zero attached hydrogens (tertiary/aromatic N) is 3. The number of aromatic nitrogens is 4. The molecule has 29 heavy (non-hydrogen) atoms. The van der Waals surface area contributed by atoms with Crippen LogP contribution in [-0.4, -0.2) is 43.0 Å². The van der Waals surface area contributed by atoms with Crippen molar-refractivity contribution in [3.05, 3.63) is 30.5 Å². The molecule has 1 aliphatic carbocycles. The van der Waals surface area contributed by atoms with E-state index in [-0.39, 0.29) is 11.7 Å². The highest BCUT2D eigenvalue weighted by atomic mass is 32.2. The molecule has 2 heterocycles. The largest absolute Gasteiger partial charge is 0.360 e. The SMILES string of the molecule is CC(C)(C)NC(=O)NC(=O)CSc1nnc(-c2c[nH]c3ccccc23)n1C1CC1. The van der Waals surface area contributed by atoms with Gasteiger partial charge in [0.2, 0.25) is 5.91 Å². The molecule has 8 nitrogen and oxygen atoms in total. The molecular weight excluding hydrogens is 388 g/mol. The molecule has 1 aromatic carbocycles. The Balaban J connectivity index is 1.49. The normalized spacial score (nSPS) is 14.2. The third-order valence-corrected chi connectivity index (χ3v) is 5.42. The summed E-state index contributed by atoms with van der Waals surface area (Å²) in [5, 5.41) is 15.6. The average molecular weight is 413 g/mol. The van der Waals surface area contributed by atoms with Crippen LogP contribution in [0.2, 0.25) is 0 Å². The molecule has 4 rings (SSSR count). The zero-order chi connectivity index (χ0) is 20.6. The lowest BCUT2D eigenvalue weighted by molar-refractivity contribution is -0.117. The molecule has 0 saturated heterocycles. The number of hydrogen-bond donors (Lipinski definition) is 3. The maximum atomic E-state index is 12.2. The molecule has 0 atom stereocenters. The van der Waals surface area contributed by atoms with Gasteiger partial charge in [0, 0.05) is 34.2 Å². The summed E-state index contributed by atoms with van der Waals surface area (Å²) in [7, 11) is 0. The summed E-state index contributed by atoms with van der Waals surface area (Å²) >= 11 is 1.29. The Morgan fingerprint density at radius 3 is 2.72 bits per heavy atom. The fourth-order valence-corrected chi connectivity index (χ4v) is 3.95. The van der Waals surface area contributed by atoms with Gasteiger partial charge in [-0.05, 0) is 39.7 Å². The summed E-state index contributed by atoms with van der Waals surface area (Å²) < 4.78 is 2.11. The molecule has 0 bridgehead atoms. The molecule has 1 aliphatic rings. The van der Waals surface area contributed by atoms with Gasteiger partial charge in [0.1, 0.15) is 0 Å². The fraction of sp³-hybridized carbons (Fsp3) is 0.400. The zero-order valence-electron chi connectivity index (χ0n) is 16.7. The minimum absolute atomic E-state index is 0.0936. The highest BCUT2D eigenvalue weighted by Gasteiger charge is 2.31. The molecule has 0 radical (unpaired) electrons. The number of amides is 3. The van der Waals surface area contributed by atoms with Crippen LogP contribution >= 0.6 is 11.8 Å². The van der Waals surface area contributed by atoms with E-state index in [0.717, 1.165) is 35.1 Å². The number of urea groups is 1. The van der Waals surface area contributed by atoms with Crippen LogP contribution in [0.25, 0.3) is 22.3 Å². The molecule has 3 N–H and O–H groups in total.